The number of piperazine rings is 1. The first kappa shape index (κ1) is 18.0. The van der Waals surface area contributed by atoms with Gasteiger partial charge in [0.25, 0.3) is 5.56 Å². The summed E-state index contributed by atoms with van der Waals surface area (Å²) in [6.07, 6.45) is 1.45. The topological polar surface area (TPSA) is 67.7 Å². The number of benzene rings is 2. The predicted molar refractivity (Wildman–Crippen MR) is 108 cm³/mol. The average Bonchev–Trinajstić information content (AvgIpc) is 2.76. The number of carbonyl (C=O) groups is 1. The standard InChI is InChI=1S/C21H22N4O3/c1-28-17-6-4-5-16(13-17)23-9-11-24(12-10-23)20(26)14-25-15-22-19-8-3-2-7-18(19)21(25)27/h2-8,13,15H,9-12,14H2,1H3. The Labute approximate surface area is 162 Å². The Hall–Kier alpha value is -3.35. The van der Waals surface area contributed by atoms with Crippen molar-refractivity contribution in [2.75, 3.05) is 38.2 Å². The van der Waals surface area contributed by atoms with Crippen LogP contribution in [-0.2, 0) is 11.3 Å². The van der Waals surface area contributed by atoms with E-state index in [0.717, 1.165) is 24.5 Å². The zero-order valence-electron chi connectivity index (χ0n) is 15.7. The molecule has 7 heteroatoms. The molecule has 0 bridgehead atoms. The lowest BCUT2D eigenvalue weighted by Gasteiger charge is -2.36. The van der Waals surface area contributed by atoms with Crippen molar-refractivity contribution < 1.29 is 9.53 Å². The molecule has 1 aromatic heterocycles. The van der Waals surface area contributed by atoms with Crippen molar-refractivity contribution in [2.24, 2.45) is 0 Å². The molecule has 2 aromatic carbocycles. The smallest absolute Gasteiger partial charge is 0.261 e. The van der Waals surface area contributed by atoms with E-state index in [1.165, 1.54) is 10.9 Å². The normalized spacial score (nSPS) is 14.3. The second kappa shape index (κ2) is 7.72. The van der Waals surface area contributed by atoms with Gasteiger partial charge in [0.15, 0.2) is 0 Å². The summed E-state index contributed by atoms with van der Waals surface area (Å²) < 4.78 is 6.67. The molecule has 0 saturated carbocycles. The van der Waals surface area contributed by atoms with Crippen LogP contribution in [0.1, 0.15) is 0 Å². The Balaban J connectivity index is 1.42. The molecule has 0 N–H and O–H groups in total. The van der Waals surface area contributed by atoms with E-state index in [-0.39, 0.29) is 18.0 Å². The van der Waals surface area contributed by atoms with Crippen LogP contribution in [-0.4, -0.2) is 53.6 Å². The largest absolute Gasteiger partial charge is 0.497 e. The zero-order chi connectivity index (χ0) is 19.5. The molecule has 3 aromatic rings. The predicted octanol–water partition coefficient (Wildman–Crippen LogP) is 1.75. The van der Waals surface area contributed by atoms with Crippen LogP contribution in [0.2, 0.25) is 0 Å². The van der Waals surface area contributed by atoms with Crippen molar-refractivity contribution in [3.63, 3.8) is 0 Å². The third-order valence-electron chi connectivity index (χ3n) is 5.09. The number of hydrogen-bond acceptors (Lipinski definition) is 5. The van der Waals surface area contributed by atoms with Crippen molar-refractivity contribution in [1.82, 2.24) is 14.5 Å². The van der Waals surface area contributed by atoms with Crippen LogP contribution in [0.3, 0.4) is 0 Å². The van der Waals surface area contributed by atoms with E-state index in [4.69, 9.17) is 4.74 Å². The number of fused-ring (bicyclic) bond motifs is 1. The monoisotopic (exact) mass is 378 g/mol. The van der Waals surface area contributed by atoms with E-state index in [2.05, 4.69) is 9.88 Å². The highest BCUT2D eigenvalue weighted by Gasteiger charge is 2.22. The fraction of sp³-hybridized carbons (Fsp3) is 0.286. The second-order valence-electron chi connectivity index (χ2n) is 6.76. The molecule has 1 fully saturated rings. The first-order valence-electron chi connectivity index (χ1n) is 9.26. The molecule has 0 atom stereocenters. The third-order valence-corrected chi connectivity index (χ3v) is 5.09. The van der Waals surface area contributed by atoms with Gasteiger partial charge >= 0.3 is 0 Å². The fourth-order valence-electron chi connectivity index (χ4n) is 3.49. The SMILES string of the molecule is COc1cccc(N2CCN(C(=O)Cn3cnc4ccccc4c3=O)CC2)c1. The van der Waals surface area contributed by atoms with E-state index in [1.54, 1.807) is 30.2 Å². The number of para-hydroxylation sites is 1. The molecule has 4 rings (SSSR count). The summed E-state index contributed by atoms with van der Waals surface area (Å²) in [5.74, 6) is 0.753. The first-order valence-corrected chi connectivity index (χ1v) is 9.26. The van der Waals surface area contributed by atoms with Crippen molar-refractivity contribution in [3.8, 4) is 5.75 Å². The zero-order valence-corrected chi connectivity index (χ0v) is 15.7. The minimum atomic E-state index is -0.186. The number of nitrogens with zero attached hydrogens (tertiary/aromatic N) is 4. The first-order chi connectivity index (χ1) is 13.7. The van der Waals surface area contributed by atoms with Crippen LogP contribution in [0.5, 0.6) is 5.75 Å². The molecule has 0 radical (unpaired) electrons. The number of amides is 1. The molecule has 0 aliphatic carbocycles. The van der Waals surface area contributed by atoms with Gasteiger partial charge in [0.05, 0.1) is 24.3 Å². The molecule has 144 valence electrons. The second-order valence-corrected chi connectivity index (χ2v) is 6.76. The van der Waals surface area contributed by atoms with Crippen molar-refractivity contribution in [1.29, 1.82) is 0 Å². The lowest BCUT2D eigenvalue weighted by molar-refractivity contribution is -0.132. The van der Waals surface area contributed by atoms with Gasteiger partial charge in [0, 0.05) is 37.9 Å². The number of hydrogen-bond donors (Lipinski definition) is 0. The number of aromatic nitrogens is 2. The quantitative estimate of drug-likeness (QED) is 0.692. The van der Waals surface area contributed by atoms with Crippen molar-refractivity contribution in [3.05, 3.63) is 65.2 Å². The van der Waals surface area contributed by atoms with E-state index < -0.39 is 0 Å². The van der Waals surface area contributed by atoms with Gasteiger partial charge in [0.2, 0.25) is 5.91 Å². The molecule has 2 heterocycles. The Morgan fingerprint density at radius 3 is 2.64 bits per heavy atom. The molecule has 0 spiro atoms. The number of methoxy groups -OCH3 is 1. The van der Waals surface area contributed by atoms with E-state index in [9.17, 15) is 9.59 Å². The minimum absolute atomic E-state index is 0.00975. The van der Waals surface area contributed by atoms with E-state index in [1.807, 2.05) is 30.3 Å². The Morgan fingerprint density at radius 1 is 1.07 bits per heavy atom. The van der Waals surface area contributed by atoms with Gasteiger partial charge in [-0.05, 0) is 24.3 Å². The molecule has 1 aliphatic rings. The van der Waals surface area contributed by atoms with E-state index >= 15 is 0 Å². The van der Waals surface area contributed by atoms with Gasteiger partial charge < -0.3 is 14.5 Å². The molecule has 1 aliphatic heterocycles. The number of rotatable bonds is 4. The Morgan fingerprint density at radius 2 is 1.86 bits per heavy atom. The molecule has 7 nitrogen and oxygen atoms in total. The van der Waals surface area contributed by atoms with Gasteiger partial charge in [-0.3, -0.25) is 14.2 Å². The molecule has 1 amide bonds. The summed E-state index contributed by atoms with van der Waals surface area (Å²) >= 11 is 0. The Bertz CT molecular complexity index is 1050. The highest BCUT2D eigenvalue weighted by Crippen LogP contribution is 2.22. The van der Waals surface area contributed by atoms with Crippen LogP contribution in [0.4, 0.5) is 5.69 Å². The highest BCUT2D eigenvalue weighted by molar-refractivity contribution is 5.79. The average molecular weight is 378 g/mol. The third kappa shape index (κ3) is 3.55. The summed E-state index contributed by atoms with van der Waals surface area (Å²) in [4.78, 5) is 33.6. The minimum Gasteiger partial charge on any atom is -0.497 e. The van der Waals surface area contributed by atoms with E-state index in [0.29, 0.717) is 24.0 Å². The van der Waals surface area contributed by atoms with Crippen LogP contribution < -0.4 is 15.2 Å². The lowest BCUT2D eigenvalue weighted by Crippen LogP contribution is -2.50. The summed E-state index contributed by atoms with van der Waals surface area (Å²) in [5.41, 5.74) is 1.54. The van der Waals surface area contributed by atoms with Gasteiger partial charge in [0.1, 0.15) is 12.3 Å². The maximum atomic E-state index is 12.7. The molecule has 0 unspecified atom stereocenters. The van der Waals surface area contributed by atoms with Crippen LogP contribution >= 0.6 is 0 Å². The van der Waals surface area contributed by atoms with Gasteiger partial charge in [-0.25, -0.2) is 4.98 Å². The Kier molecular flexibility index (Phi) is 4.97. The van der Waals surface area contributed by atoms with Crippen LogP contribution in [0.15, 0.2) is 59.7 Å². The molecule has 1 saturated heterocycles. The molecule has 28 heavy (non-hydrogen) atoms. The summed E-state index contributed by atoms with van der Waals surface area (Å²) in [5, 5.41) is 0.528. The fourth-order valence-corrected chi connectivity index (χ4v) is 3.49. The number of ether oxygens (including phenoxy) is 1. The number of anilines is 1. The van der Waals surface area contributed by atoms with Crippen molar-refractivity contribution >= 4 is 22.5 Å². The molecular formula is C21H22N4O3. The maximum Gasteiger partial charge on any atom is 0.261 e. The van der Waals surface area contributed by atoms with Crippen LogP contribution in [0.25, 0.3) is 10.9 Å². The van der Waals surface area contributed by atoms with Gasteiger partial charge in [-0.15, -0.1) is 0 Å². The maximum absolute atomic E-state index is 12.7. The van der Waals surface area contributed by atoms with Crippen LogP contribution in [0, 0.1) is 0 Å². The summed E-state index contributed by atoms with van der Waals surface area (Å²) in [6.45, 7) is 2.72. The van der Waals surface area contributed by atoms with Gasteiger partial charge in [-0.2, -0.15) is 0 Å². The molecular weight excluding hydrogens is 356 g/mol. The summed E-state index contributed by atoms with van der Waals surface area (Å²) in [7, 11) is 1.65. The highest BCUT2D eigenvalue weighted by atomic mass is 16.5. The summed E-state index contributed by atoms with van der Waals surface area (Å²) in [6, 6.07) is 15.1. The van der Waals surface area contributed by atoms with Crippen molar-refractivity contribution in [2.45, 2.75) is 6.54 Å². The van der Waals surface area contributed by atoms with Gasteiger partial charge in [-0.1, -0.05) is 18.2 Å². The number of carbonyl (C=O) groups excluding carboxylic acids is 1. The lowest BCUT2D eigenvalue weighted by atomic mass is 10.2.